The molecule has 3 aromatic rings. The lowest BCUT2D eigenvalue weighted by Gasteiger charge is -2.34. The van der Waals surface area contributed by atoms with Crippen molar-refractivity contribution in [2.75, 3.05) is 49.1 Å². The second kappa shape index (κ2) is 9.75. The molecule has 1 N–H and O–H groups in total. The van der Waals surface area contributed by atoms with E-state index in [0.717, 1.165) is 43.4 Å². The molecule has 0 aliphatic carbocycles. The van der Waals surface area contributed by atoms with Crippen LogP contribution >= 0.6 is 11.3 Å². The summed E-state index contributed by atoms with van der Waals surface area (Å²) in [6, 6.07) is 11.0. The minimum atomic E-state index is -0.220. The van der Waals surface area contributed by atoms with E-state index in [-0.39, 0.29) is 30.6 Å². The molecule has 182 valence electrons. The quantitative estimate of drug-likeness (QED) is 0.534. The summed E-state index contributed by atoms with van der Waals surface area (Å²) >= 11 is 1.77. The molecular formula is C26H29N5O3S. The third-order valence-corrected chi connectivity index (χ3v) is 7.96. The molecule has 0 saturated carbocycles. The van der Waals surface area contributed by atoms with Gasteiger partial charge in [-0.1, -0.05) is 29.5 Å². The zero-order chi connectivity index (χ0) is 24.5. The third kappa shape index (κ3) is 4.78. The largest absolute Gasteiger partial charge is 0.351 e. The Kier molecular flexibility index (Phi) is 6.53. The summed E-state index contributed by atoms with van der Waals surface area (Å²) < 4.78 is 1.27. The highest BCUT2D eigenvalue weighted by Crippen LogP contribution is 2.33. The average Bonchev–Trinajstić information content (AvgIpc) is 3.46. The maximum atomic E-state index is 12.7. The number of nitrogens with one attached hydrogen (secondary N) is 1. The SMILES string of the molecule is Cc1ccc(C)c2sc(N3CCN(CCNC(=O)c4cccc(N5C(=O)CCC5=O)c4)CC3)nc12. The van der Waals surface area contributed by atoms with Gasteiger partial charge in [0.05, 0.1) is 15.9 Å². The first-order valence-electron chi connectivity index (χ1n) is 12.0. The van der Waals surface area contributed by atoms with E-state index in [9.17, 15) is 14.4 Å². The van der Waals surface area contributed by atoms with Gasteiger partial charge in [0.1, 0.15) is 0 Å². The average molecular weight is 492 g/mol. The van der Waals surface area contributed by atoms with Crippen molar-refractivity contribution in [3.05, 3.63) is 53.1 Å². The van der Waals surface area contributed by atoms with Gasteiger partial charge < -0.3 is 10.2 Å². The Morgan fingerprint density at radius 1 is 1.00 bits per heavy atom. The molecule has 5 rings (SSSR count). The predicted octanol–water partition coefficient (Wildman–Crippen LogP) is 3.12. The second-order valence-corrected chi connectivity index (χ2v) is 10.1. The summed E-state index contributed by atoms with van der Waals surface area (Å²) in [6.45, 7) is 9.19. The lowest BCUT2D eigenvalue weighted by Crippen LogP contribution is -2.48. The van der Waals surface area contributed by atoms with Gasteiger partial charge in [0, 0.05) is 57.7 Å². The van der Waals surface area contributed by atoms with Crippen molar-refractivity contribution in [2.45, 2.75) is 26.7 Å². The van der Waals surface area contributed by atoms with Crippen LogP contribution in [0.4, 0.5) is 10.8 Å². The number of aryl methyl sites for hydroxylation is 2. The molecule has 9 heteroatoms. The molecule has 0 unspecified atom stereocenters. The molecular weight excluding hydrogens is 462 g/mol. The van der Waals surface area contributed by atoms with E-state index >= 15 is 0 Å². The van der Waals surface area contributed by atoms with E-state index in [4.69, 9.17) is 4.98 Å². The molecule has 0 atom stereocenters. The molecule has 3 heterocycles. The highest BCUT2D eigenvalue weighted by atomic mass is 32.1. The molecule has 2 saturated heterocycles. The molecule has 2 aromatic carbocycles. The van der Waals surface area contributed by atoms with Gasteiger partial charge in [0.25, 0.3) is 5.91 Å². The van der Waals surface area contributed by atoms with Gasteiger partial charge in [-0.25, -0.2) is 4.98 Å². The Morgan fingerprint density at radius 2 is 1.71 bits per heavy atom. The zero-order valence-corrected chi connectivity index (χ0v) is 20.9. The number of hydrogen-bond donors (Lipinski definition) is 1. The molecule has 1 aromatic heterocycles. The first-order valence-corrected chi connectivity index (χ1v) is 12.8. The maximum absolute atomic E-state index is 12.7. The van der Waals surface area contributed by atoms with Gasteiger partial charge in [-0.2, -0.15) is 0 Å². The Bertz CT molecular complexity index is 1240. The van der Waals surface area contributed by atoms with Crippen molar-refractivity contribution in [3.63, 3.8) is 0 Å². The first kappa shape index (κ1) is 23.4. The number of fused-ring (bicyclic) bond motifs is 1. The lowest BCUT2D eigenvalue weighted by atomic mass is 10.1. The van der Waals surface area contributed by atoms with Gasteiger partial charge >= 0.3 is 0 Å². The number of hydrogen-bond acceptors (Lipinski definition) is 7. The van der Waals surface area contributed by atoms with Crippen LogP contribution in [0.1, 0.15) is 34.3 Å². The Hall–Kier alpha value is -3.30. The number of rotatable bonds is 6. The van der Waals surface area contributed by atoms with Crippen LogP contribution in [0, 0.1) is 13.8 Å². The smallest absolute Gasteiger partial charge is 0.251 e. The van der Waals surface area contributed by atoms with Crippen LogP contribution in [-0.2, 0) is 9.59 Å². The molecule has 2 aliphatic rings. The summed E-state index contributed by atoms with van der Waals surface area (Å²) in [5, 5.41) is 4.05. The zero-order valence-electron chi connectivity index (χ0n) is 20.0. The summed E-state index contributed by atoms with van der Waals surface area (Å²) in [6.07, 6.45) is 0.446. The van der Waals surface area contributed by atoms with Crippen LogP contribution < -0.4 is 15.1 Å². The number of piperazine rings is 1. The van der Waals surface area contributed by atoms with E-state index in [2.05, 4.69) is 41.1 Å². The van der Waals surface area contributed by atoms with Crippen LogP contribution in [0.15, 0.2) is 36.4 Å². The fraction of sp³-hybridized carbons (Fsp3) is 0.385. The number of nitrogens with zero attached hydrogens (tertiary/aromatic N) is 4. The topological polar surface area (TPSA) is 85.9 Å². The van der Waals surface area contributed by atoms with Crippen molar-refractivity contribution in [1.82, 2.24) is 15.2 Å². The fourth-order valence-electron chi connectivity index (χ4n) is 4.63. The first-order chi connectivity index (χ1) is 16.9. The Morgan fingerprint density at radius 3 is 2.43 bits per heavy atom. The molecule has 35 heavy (non-hydrogen) atoms. The molecule has 0 radical (unpaired) electrons. The number of benzene rings is 2. The highest BCUT2D eigenvalue weighted by Gasteiger charge is 2.30. The number of carbonyl (C=O) groups excluding carboxylic acids is 3. The van der Waals surface area contributed by atoms with Crippen molar-refractivity contribution in [2.24, 2.45) is 0 Å². The number of aromatic nitrogens is 1. The number of amides is 3. The van der Waals surface area contributed by atoms with Crippen LogP contribution in [0.5, 0.6) is 0 Å². The number of imide groups is 1. The lowest BCUT2D eigenvalue weighted by molar-refractivity contribution is -0.121. The Balaban J connectivity index is 1.12. The van der Waals surface area contributed by atoms with Crippen molar-refractivity contribution in [3.8, 4) is 0 Å². The predicted molar refractivity (Wildman–Crippen MR) is 138 cm³/mol. The highest BCUT2D eigenvalue weighted by molar-refractivity contribution is 7.22. The fourth-order valence-corrected chi connectivity index (χ4v) is 5.79. The van der Waals surface area contributed by atoms with Gasteiger partial charge in [-0.3, -0.25) is 24.2 Å². The van der Waals surface area contributed by atoms with Crippen LogP contribution in [0.2, 0.25) is 0 Å². The molecule has 0 bridgehead atoms. The summed E-state index contributed by atoms with van der Waals surface area (Å²) in [4.78, 5) is 47.4. The van der Waals surface area contributed by atoms with E-state index in [1.165, 1.54) is 20.7 Å². The molecule has 0 spiro atoms. The van der Waals surface area contributed by atoms with Gasteiger partial charge in [0.15, 0.2) is 5.13 Å². The number of thiazole rings is 1. The van der Waals surface area contributed by atoms with E-state index in [1.807, 2.05) is 0 Å². The molecule has 2 fully saturated rings. The minimum Gasteiger partial charge on any atom is -0.351 e. The summed E-state index contributed by atoms with van der Waals surface area (Å²) in [7, 11) is 0. The van der Waals surface area contributed by atoms with E-state index < -0.39 is 0 Å². The van der Waals surface area contributed by atoms with E-state index in [0.29, 0.717) is 17.8 Å². The standard InChI is InChI=1S/C26H29N5O3S/c1-17-6-7-18(2)24-23(17)28-26(35-24)30-14-12-29(13-15-30)11-10-27-25(34)19-4-3-5-20(16-19)31-21(32)8-9-22(31)33/h3-7,16H,8-15H2,1-2H3,(H,27,34). The van der Waals surface area contributed by atoms with Gasteiger partial charge in [-0.05, 0) is 43.2 Å². The molecule has 3 amide bonds. The monoisotopic (exact) mass is 491 g/mol. The van der Waals surface area contributed by atoms with Gasteiger partial charge in [-0.15, -0.1) is 0 Å². The molecule has 8 nitrogen and oxygen atoms in total. The minimum absolute atomic E-state index is 0.204. The number of carbonyl (C=O) groups is 3. The normalized spacial score (nSPS) is 17.0. The maximum Gasteiger partial charge on any atom is 0.251 e. The third-order valence-electron chi connectivity index (χ3n) is 6.71. The van der Waals surface area contributed by atoms with Crippen LogP contribution in [0.25, 0.3) is 10.2 Å². The molecule has 2 aliphatic heterocycles. The summed E-state index contributed by atoms with van der Waals surface area (Å²) in [5.41, 5.74) is 4.50. The van der Waals surface area contributed by atoms with Crippen LogP contribution in [-0.4, -0.2) is 66.9 Å². The number of anilines is 2. The second-order valence-electron chi connectivity index (χ2n) is 9.13. The van der Waals surface area contributed by atoms with Crippen molar-refractivity contribution >= 4 is 50.1 Å². The Labute approximate surface area is 208 Å². The van der Waals surface area contributed by atoms with Crippen LogP contribution in [0.3, 0.4) is 0 Å². The van der Waals surface area contributed by atoms with E-state index in [1.54, 1.807) is 35.6 Å². The van der Waals surface area contributed by atoms with Crippen molar-refractivity contribution in [1.29, 1.82) is 0 Å². The summed E-state index contributed by atoms with van der Waals surface area (Å²) in [5.74, 6) is -0.643. The van der Waals surface area contributed by atoms with Crippen molar-refractivity contribution < 1.29 is 14.4 Å². The van der Waals surface area contributed by atoms with Gasteiger partial charge in [0.2, 0.25) is 11.8 Å².